The molecule has 2 heterocycles. The van der Waals surface area contributed by atoms with E-state index in [-0.39, 0.29) is 11.7 Å². The molecule has 1 aromatic heterocycles. The van der Waals surface area contributed by atoms with Crippen molar-refractivity contribution in [1.82, 2.24) is 10.3 Å². The standard InChI is InChI=1S/C17H21N7OS/c18-7-12(8-19)22-16(25)14-15(21)26-17(23-14)10-2-1-3-13(6-10)24-5-4-11(20)9-24/h1-3,6-8,11-12,18-19H,4-5,9,20-21H2,(H,22,25). The number of aromatic nitrogens is 1. The second-order valence-corrected chi connectivity index (χ2v) is 7.14. The maximum Gasteiger partial charge on any atom is 0.273 e. The minimum atomic E-state index is -0.769. The predicted octanol–water partition coefficient (Wildman–Crippen LogP) is 1.33. The smallest absolute Gasteiger partial charge is 0.273 e. The van der Waals surface area contributed by atoms with Crippen molar-refractivity contribution < 1.29 is 4.79 Å². The highest BCUT2D eigenvalue weighted by Crippen LogP contribution is 2.32. The molecule has 1 atom stereocenters. The molecule has 1 saturated heterocycles. The van der Waals surface area contributed by atoms with E-state index >= 15 is 0 Å². The minimum absolute atomic E-state index is 0.118. The molecule has 9 heteroatoms. The van der Waals surface area contributed by atoms with Crippen LogP contribution in [0.3, 0.4) is 0 Å². The Bertz CT molecular complexity index is 826. The average Bonchev–Trinajstić information content (AvgIpc) is 3.25. The number of amides is 1. The van der Waals surface area contributed by atoms with Gasteiger partial charge in [-0.1, -0.05) is 23.5 Å². The van der Waals surface area contributed by atoms with Crippen molar-refractivity contribution in [2.45, 2.75) is 18.5 Å². The molecular formula is C17H21N7OS. The van der Waals surface area contributed by atoms with Gasteiger partial charge in [-0.15, -0.1) is 0 Å². The number of nitrogens with one attached hydrogen (secondary N) is 3. The number of thiazole rings is 1. The molecule has 0 aliphatic carbocycles. The van der Waals surface area contributed by atoms with Crippen LogP contribution in [0, 0.1) is 10.8 Å². The Morgan fingerprint density at radius 2 is 2.19 bits per heavy atom. The Balaban J connectivity index is 1.83. The first-order valence-corrected chi connectivity index (χ1v) is 9.02. The number of carbonyl (C=O) groups is 1. The summed E-state index contributed by atoms with van der Waals surface area (Å²) in [7, 11) is 0. The molecule has 0 saturated carbocycles. The fourth-order valence-corrected chi connectivity index (χ4v) is 3.65. The van der Waals surface area contributed by atoms with Gasteiger partial charge in [0.05, 0.1) is 6.04 Å². The molecule has 1 aromatic carbocycles. The Morgan fingerprint density at radius 3 is 2.85 bits per heavy atom. The summed E-state index contributed by atoms with van der Waals surface area (Å²) in [5.41, 5.74) is 14.0. The molecular weight excluding hydrogens is 350 g/mol. The van der Waals surface area contributed by atoms with Crippen LogP contribution < -0.4 is 21.7 Å². The molecule has 2 aromatic rings. The molecule has 1 aliphatic rings. The Kier molecular flexibility index (Phi) is 5.29. The van der Waals surface area contributed by atoms with Crippen molar-refractivity contribution in [1.29, 1.82) is 10.8 Å². The lowest BCUT2D eigenvalue weighted by Gasteiger charge is -2.18. The van der Waals surface area contributed by atoms with Crippen LogP contribution in [0.5, 0.6) is 0 Å². The lowest BCUT2D eigenvalue weighted by molar-refractivity contribution is 0.0951. The van der Waals surface area contributed by atoms with Crippen LogP contribution in [0.25, 0.3) is 10.6 Å². The monoisotopic (exact) mass is 371 g/mol. The largest absolute Gasteiger partial charge is 0.389 e. The van der Waals surface area contributed by atoms with E-state index in [1.165, 1.54) is 11.3 Å². The van der Waals surface area contributed by atoms with Gasteiger partial charge in [-0.25, -0.2) is 4.98 Å². The predicted molar refractivity (Wildman–Crippen MR) is 106 cm³/mol. The van der Waals surface area contributed by atoms with E-state index < -0.39 is 11.9 Å². The molecule has 1 unspecified atom stereocenters. The minimum Gasteiger partial charge on any atom is -0.389 e. The lowest BCUT2D eigenvalue weighted by atomic mass is 10.2. The topological polar surface area (TPSA) is 145 Å². The van der Waals surface area contributed by atoms with E-state index in [4.69, 9.17) is 22.3 Å². The molecule has 1 fully saturated rings. The number of carbonyl (C=O) groups excluding carboxylic acids is 1. The van der Waals surface area contributed by atoms with Crippen LogP contribution in [0.15, 0.2) is 24.3 Å². The Labute approximate surface area is 155 Å². The first-order valence-electron chi connectivity index (χ1n) is 8.21. The van der Waals surface area contributed by atoms with Crippen LogP contribution in [0.4, 0.5) is 10.7 Å². The summed E-state index contributed by atoms with van der Waals surface area (Å²) in [6.07, 6.45) is 2.91. The normalized spacial score (nSPS) is 17.7. The fourth-order valence-electron chi connectivity index (χ4n) is 2.83. The summed E-state index contributed by atoms with van der Waals surface area (Å²) >= 11 is 1.24. The maximum atomic E-state index is 12.3. The highest BCUT2D eigenvalue weighted by molar-refractivity contribution is 7.19. The molecule has 1 amide bonds. The third kappa shape index (κ3) is 3.73. The van der Waals surface area contributed by atoms with E-state index in [2.05, 4.69) is 15.2 Å². The fraction of sp³-hybridized carbons (Fsp3) is 0.294. The molecule has 136 valence electrons. The van der Waals surface area contributed by atoms with Gasteiger partial charge in [0, 0.05) is 42.8 Å². The van der Waals surface area contributed by atoms with E-state index in [1.807, 2.05) is 24.3 Å². The zero-order valence-corrected chi connectivity index (χ0v) is 14.9. The third-order valence-corrected chi connectivity index (χ3v) is 5.14. The quantitative estimate of drug-likeness (QED) is 0.486. The van der Waals surface area contributed by atoms with Crippen molar-refractivity contribution in [2.24, 2.45) is 5.73 Å². The number of hydrogen-bond donors (Lipinski definition) is 5. The number of nitrogens with zero attached hydrogens (tertiary/aromatic N) is 2. The van der Waals surface area contributed by atoms with Crippen LogP contribution in [-0.2, 0) is 0 Å². The zero-order chi connectivity index (χ0) is 18.7. The number of nitrogen functional groups attached to an aromatic ring is 1. The van der Waals surface area contributed by atoms with Crippen molar-refractivity contribution in [3.05, 3.63) is 30.0 Å². The van der Waals surface area contributed by atoms with Gasteiger partial charge in [0.1, 0.15) is 10.0 Å². The average molecular weight is 371 g/mol. The molecule has 1 aliphatic heterocycles. The highest BCUT2D eigenvalue weighted by Gasteiger charge is 2.21. The zero-order valence-electron chi connectivity index (χ0n) is 14.1. The lowest BCUT2D eigenvalue weighted by Crippen LogP contribution is -2.37. The summed E-state index contributed by atoms with van der Waals surface area (Å²) in [5, 5.41) is 17.8. The summed E-state index contributed by atoms with van der Waals surface area (Å²) in [6, 6.07) is 7.36. The van der Waals surface area contributed by atoms with E-state index in [0.717, 1.165) is 43.2 Å². The van der Waals surface area contributed by atoms with Crippen LogP contribution in [0.1, 0.15) is 16.9 Å². The molecule has 0 radical (unpaired) electrons. The van der Waals surface area contributed by atoms with E-state index in [9.17, 15) is 4.79 Å². The van der Waals surface area contributed by atoms with E-state index in [0.29, 0.717) is 10.0 Å². The maximum absolute atomic E-state index is 12.3. The third-order valence-electron chi connectivity index (χ3n) is 4.21. The molecule has 8 nitrogen and oxygen atoms in total. The number of anilines is 2. The SMILES string of the molecule is N=CC(C=N)NC(=O)c1nc(-c2cccc(N3CCC(N)C3)c2)sc1N. The van der Waals surface area contributed by atoms with Gasteiger partial charge in [0.15, 0.2) is 5.69 Å². The van der Waals surface area contributed by atoms with Gasteiger partial charge in [-0.2, -0.15) is 0 Å². The Hall–Kier alpha value is -2.78. The van der Waals surface area contributed by atoms with E-state index in [1.54, 1.807) is 0 Å². The summed E-state index contributed by atoms with van der Waals surface area (Å²) in [4.78, 5) is 18.9. The Morgan fingerprint density at radius 1 is 1.42 bits per heavy atom. The second kappa shape index (κ2) is 7.63. The van der Waals surface area contributed by atoms with Crippen LogP contribution in [0.2, 0.25) is 0 Å². The van der Waals surface area contributed by atoms with Crippen molar-refractivity contribution in [2.75, 3.05) is 23.7 Å². The number of hydrogen-bond acceptors (Lipinski definition) is 8. The van der Waals surface area contributed by atoms with Gasteiger partial charge < -0.3 is 32.5 Å². The van der Waals surface area contributed by atoms with Gasteiger partial charge in [0.25, 0.3) is 5.91 Å². The van der Waals surface area contributed by atoms with Crippen LogP contribution in [-0.4, -0.2) is 48.5 Å². The van der Waals surface area contributed by atoms with Crippen molar-refractivity contribution in [3.63, 3.8) is 0 Å². The first kappa shape index (κ1) is 18.0. The molecule has 3 rings (SSSR count). The summed E-state index contributed by atoms with van der Waals surface area (Å²) in [6.45, 7) is 1.75. The molecule has 0 spiro atoms. The first-order chi connectivity index (χ1) is 12.5. The molecule has 0 bridgehead atoms. The number of nitrogens with two attached hydrogens (primary N) is 2. The summed E-state index contributed by atoms with van der Waals surface area (Å²) < 4.78 is 0. The number of rotatable bonds is 6. The van der Waals surface area contributed by atoms with Gasteiger partial charge in [-0.05, 0) is 18.6 Å². The summed E-state index contributed by atoms with van der Waals surface area (Å²) in [5.74, 6) is -0.497. The molecule has 26 heavy (non-hydrogen) atoms. The van der Waals surface area contributed by atoms with Gasteiger partial charge in [-0.3, -0.25) is 4.79 Å². The van der Waals surface area contributed by atoms with Gasteiger partial charge >= 0.3 is 0 Å². The number of benzene rings is 1. The second-order valence-electron chi connectivity index (χ2n) is 6.11. The van der Waals surface area contributed by atoms with Gasteiger partial charge in [0.2, 0.25) is 0 Å². The molecule has 7 N–H and O–H groups in total. The van der Waals surface area contributed by atoms with Crippen molar-refractivity contribution in [3.8, 4) is 10.6 Å². The van der Waals surface area contributed by atoms with Crippen molar-refractivity contribution >= 4 is 40.4 Å². The van der Waals surface area contributed by atoms with Crippen LogP contribution >= 0.6 is 11.3 Å². The highest BCUT2D eigenvalue weighted by atomic mass is 32.1.